The van der Waals surface area contributed by atoms with Crippen molar-refractivity contribution < 1.29 is 5.11 Å². The summed E-state index contributed by atoms with van der Waals surface area (Å²) in [6.45, 7) is 1.97. The summed E-state index contributed by atoms with van der Waals surface area (Å²) in [7, 11) is 0. The van der Waals surface area contributed by atoms with E-state index in [1.807, 2.05) is 6.07 Å². The first-order valence-corrected chi connectivity index (χ1v) is 7.19. The Kier molecular flexibility index (Phi) is 5.01. The molecule has 0 aromatic heterocycles. The van der Waals surface area contributed by atoms with Gasteiger partial charge in [0.15, 0.2) is 0 Å². The summed E-state index contributed by atoms with van der Waals surface area (Å²) in [5.41, 5.74) is 1.31. The standard InChI is InChI=1S/C14H20BrNO/c15-14-8-4-1-5-12(14)11-16(9-10-17)13-6-2-3-7-13/h1,4-5,8,13,17H,2-3,6-7,9-11H2. The van der Waals surface area contributed by atoms with E-state index >= 15 is 0 Å². The number of hydrogen-bond donors (Lipinski definition) is 1. The molecular formula is C14H20BrNO. The number of rotatable bonds is 5. The van der Waals surface area contributed by atoms with Crippen LogP contribution in [0.25, 0.3) is 0 Å². The maximum atomic E-state index is 9.19. The fraction of sp³-hybridized carbons (Fsp3) is 0.571. The number of aliphatic hydroxyl groups excluding tert-OH is 1. The highest BCUT2D eigenvalue weighted by molar-refractivity contribution is 9.10. The average molecular weight is 298 g/mol. The van der Waals surface area contributed by atoms with Crippen LogP contribution in [0.15, 0.2) is 28.7 Å². The van der Waals surface area contributed by atoms with Gasteiger partial charge in [0.25, 0.3) is 0 Å². The molecule has 0 atom stereocenters. The monoisotopic (exact) mass is 297 g/mol. The van der Waals surface area contributed by atoms with E-state index in [0.29, 0.717) is 6.04 Å². The number of halogens is 1. The van der Waals surface area contributed by atoms with Crippen LogP contribution in [0.1, 0.15) is 31.2 Å². The molecule has 1 fully saturated rings. The predicted octanol–water partition coefficient (Wildman–Crippen LogP) is 3.19. The van der Waals surface area contributed by atoms with Crippen molar-refractivity contribution >= 4 is 15.9 Å². The Balaban J connectivity index is 2.04. The van der Waals surface area contributed by atoms with Crippen molar-refractivity contribution in [3.63, 3.8) is 0 Å². The van der Waals surface area contributed by atoms with Gasteiger partial charge in [0.05, 0.1) is 6.61 Å². The lowest BCUT2D eigenvalue weighted by Crippen LogP contribution is -2.35. The highest BCUT2D eigenvalue weighted by Crippen LogP contribution is 2.26. The Morgan fingerprint density at radius 3 is 2.59 bits per heavy atom. The second-order valence-electron chi connectivity index (χ2n) is 4.72. The minimum atomic E-state index is 0.251. The normalized spacial score (nSPS) is 16.9. The zero-order chi connectivity index (χ0) is 12.1. The molecule has 2 nitrogen and oxygen atoms in total. The van der Waals surface area contributed by atoms with Crippen molar-refractivity contribution in [3.05, 3.63) is 34.3 Å². The summed E-state index contributed by atoms with van der Waals surface area (Å²) in [6.07, 6.45) is 5.24. The van der Waals surface area contributed by atoms with Crippen molar-refractivity contribution in [2.24, 2.45) is 0 Å². The maximum Gasteiger partial charge on any atom is 0.0558 e. The minimum Gasteiger partial charge on any atom is -0.395 e. The Bertz CT molecular complexity index is 350. The fourth-order valence-corrected chi connectivity index (χ4v) is 3.04. The molecule has 0 unspecified atom stereocenters. The van der Waals surface area contributed by atoms with Crippen molar-refractivity contribution in [3.8, 4) is 0 Å². The number of hydrogen-bond acceptors (Lipinski definition) is 2. The summed E-state index contributed by atoms with van der Waals surface area (Å²) in [5.74, 6) is 0. The van der Waals surface area contributed by atoms with E-state index < -0.39 is 0 Å². The molecule has 1 aliphatic rings. The predicted molar refractivity (Wildman–Crippen MR) is 73.9 cm³/mol. The third-order valence-corrected chi connectivity index (χ3v) is 4.33. The quantitative estimate of drug-likeness (QED) is 0.902. The van der Waals surface area contributed by atoms with Gasteiger partial charge in [0.2, 0.25) is 0 Å². The third-order valence-electron chi connectivity index (χ3n) is 3.56. The van der Waals surface area contributed by atoms with E-state index in [2.05, 4.69) is 39.0 Å². The van der Waals surface area contributed by atoms with Gasteiger partial charge in [-0.2, -0.15) is 0 Å². The van der Waals surface area contributed by atoms with E-state index in [4.69, 9.17) is 0 Å². The Morgan fingerprint density at radius 2 is 1.94 bits per heavy atom. The van der Waals surface area contributed by atoms with Crippen molar-refractivity contribution in [2.75, 3.05) is 13.2 Å². The van der Waals surface area contributed by atoms with Crippen LogP contribution in [0, 0.1) is 0 Å². The zero-order valence-corrected chi connectivity index (χ0v) is 11.7. The van der Waals surface area contributed by atoms with Gasteiger partial charge < -0.3 is 5.11 Å². The van der Waals surface area contributed by atoms with Crippen LogP contribution in [0.3, 0.4) is 0 Å². The first kappa shape index (κ1) is 13.1. The van der Waals surface area contributed by atoms with Crippen molar-refractivity contribution in [1.29, 1.82) is 0 Å². The molecule has 3 heteroatoms. The number of nitrogens with zero attached hydrogens (tertiary/aromatic N) is 1. The highest BCUT2D eigenvalue weighted by Gasteiger charge is 2.22. The van der Waals surface area contributed by atoms with Crippen LogP contribution in [-0.2, 0) is 6.54 Å². The lowest BCUT2D eigenvalue weighted by Gasteiger charge is -2.28. The van der Waals surface area contributed by atoms with Gasteiger partial charge in [-0.15, -0.1) is 0 Å². The largest absolute Gasteiger partial charge is 0.395 e. The second kappa shape index (κ2) is 6.53. The number of aliphatic hydroxyl groups is 1. The molecule has 1 aromatic rings. The molecule has 1 aliphatic carbocycles. The van der Waals surface area contributed by atoms with Gasteiger partial charge in [-0.3, -0.25) is 4.90 Å². The lowest BCUT2D eigenvalue weighted by atomic mass is 10.1. The van der Waals surface area contributed by atoms with Crippen molar-refractivity contribution in [2.45, 2.75) is 38.3 Å². The molecule has 0 spiro atoms. The lowest BCUT2D eigenvalue weighted by molar-refractivity contribution is 0.144. The molecule has 0 heterocycles. The molecule has 94 valence electrons. The van der Waals surface area contributed by atoms with E-state index in [-0.39, 0.29) is 6.61 Å². The van der Waals surface area contributed by atoms with Gasteiger partial charge in [0, 0.05) is 23.6 Å². The van der Waals surface area contributed by atoms with E-state index in [1.165, 1.54) is 35.7 Å². The van der Waals surface area contributed by atoms with Gasteiger partial charge in [0.1, 0.15) is 0 Å². The Morgan fingerprint density at radius 1 is 1.24 bits per heavy atom. The maximum absolute atomic E-state index is 9.19. The molecule has 0 saturated heterocycles. The van der Waals surface area contributed by atoms with E-state index in [9.17, 15) is 5.11 Å². The van der Waals surface area contributed by atoms with Crippen LogP contribution in [0.5, 0.6) is 0 Å². The second-order valence-corrected chi connectivity index (χ2v) is 5.58. The zero-order valence-electron chi connectivity index (χ0n) is 10.1. The first-order valence-electron chi connectivity index (χ1n) is 6.39. The van der Waals surface area contributed by atoms with Crippen LogP contribution in [0.4, 0.5) is 0 Å². The molecular weight excluding hydrogens is 278 g/mol. The topological polar surface area (TPSA) is 23.5 Å². The third kappa shape index (κ3) is 3.54. The van der Waals surface area contributed by atoms with Gasteiger partial charge in [-0.05, 0) is 24.5 Å². The summed E-state index contributed by atoms with van der Waals surface area (Å²) in [4.78, 5) is 2.42. The van der Waals surface area contributed by atoms with Crippen molar-refractivity contribution in [1.82, 2.24) is 4.90 Å². The summed E-state index contributed by atoms with van der Waals surface area (Å²) >= 11 is 3.60. The van der Waals surface area contributed by atoms with Crippen LogP contribution < -0.4 is 0 Å². The molecule has 0 aliphatic heterocycles. The Hall–Kier alpha value is -0.380. The van der Waals surface area contributed by atoms with E-state index in [0.717, 1.165) is 13.1 Å². The molecule has 0 bridgehead atoms. The van der Waals surface area contributed by atoms with Crippen LogP contribution in [0.2, 0.25) is 0 Å². The van der Waals surface area contributed by atoms with Gasteiger partial charge in [-0.25, -0.2) is 0 Å². The number of benzene rings is 1. The average Bonchev–Trinajstić information content (AvgIpc) is 2.85. The van der Waals surface area contributed by atoms with Crippen LogP contribution in [-0.4, -0.2) is 29.2 Å². The van der Waals surface area contributed by atoms with Gasteiger partial charge in [-0.1, -0.05) is 47.0 Å². The molecule has 1 aromatic carbocycles. The first-order chi connectivity index (χ1) is 8.31. The Labute approximate surface area is 112 Å². The summed E-state index contributed by atoms with van der Waals surface area (Å²) in [5, 5.41) is 9.19. The van der Waals surface area contributed by atoms with Gasteiger partial charge >= 0.3 is 0 Å². The molecule has 17 heavy (non-hydrogen) atoms. The molecule has 0 amide bonds. The minimum absolute atomic E-state index is 0.251. The molecule has 2 rings (SSSR count). The molecule has 1 saturated carbocycles. The highest BCUT2D eigenvalue weighted by atomic mass is 79.9. The summed E-state index contributed by atoms with van der Waals surface area (Å²) < 4.78 is 1.17. The molecule has 0 radical (unpaired) electrons. The molecule has 1 N–H and O–H groups in total. The van der Waals surface area contributed by atoms with Crippen LogP contribution >= 0.6 is 15.9 Å². The van der Waals surface area contributed by atoms with E-state index in [1.54, 1.807) is 0 Å². The SMILES string of the molecule is OCCN(Cc1ccccc1Br)C1CCCC1. The fourth-order valence-electron chi connectivity index (χ4n) is 2.63. The summed E-state index contributed by atoms with van der Waals surface area (Å²) in [6, 6.07) is 9.02. The smallest absolute Gasteiger partial charge is 0.0558 e.